The van der Waals surface area contributed by atoms with Gasteiger partial charge >= 0.3 is 0 Å². The smallest absolute Gasteiger partial charge is 0.292 e. The molecule has 156 valence electrons. The van der Waals surface area contributed by atoms with Crippen molar-refractivity contribution in [3.05, 3.63) is 58.4 Å². The third kappa shape index (κ3) is 5.91. The number of allylic oxidation sites excluding steroid dienone is 2. The minimum absolute atomic E-state index is 0.243. The molecule has 0 spiro atoms. The molecule has 0 radical (unpaired) electrons. The molecular formula is C20H23ClFN3O3S. The number of benzene rings is 1. The standard InChI is InChI=1S/C18H19ClFN3OS.C2H4O2/c1-25-17(23-11-21)22-10-18(12-5-4-6-13(20)9-12)16(24-18)14-7-2-3-8-15(14)19;1-4-2-3/h2,4-7,9,11,16H,3,8,10H2,1H3,(H2,21,22,23);2H,1H3. The number of hydrogen-bond acceptors (Lipinski definition) is 5. The summed E-state index contributed by atoms with van der Waals surface area (Å²) >= 11 is 7.79. The zero-order chi connectivity index (χ0) is 21.3. The highest BCUT2D eigenvalue weighted by atomic mass is 35.5. The Labute approximate surface area is 178 Å². The first kappa shape index (κ1) is 23.1. The fourth-order valence-corrected chi connectivity index (χ4v) is 3.60. The summed E-state index contributed by atoms with van der Waals surface area (Å²) < 4.78 is 23.7. The van der Waals surface area contributed by atoms with Crippen LogP contribution in [0, 0.1) is 5.82 Å². The van der Waals surface area contributed by atoms with Crippen LogP contribution >= 0.6 is 23.4 Å². The van der Waals surface area contributed by atoms with Crippen molar-refractivity contribution in [3.63, 3.8) is 0 Å². The van der Waals surface area contributed by atoms with Gasteiger partial charge in [0.2, 0.25) is 0 Å². The summed E-state index contributed by atoms with van der Waals surface area (Å²) in [4.78, 5) is 17.5. The van der Waals surface area contributed by atoms with E-state index >= 15 is 0 Å². The maximum Gasteiger partial charge on any atom is 0.292 e. The molecule has 1 fully saturated rings. The number of methoxy groups -OCH3 is 1. The molecule has 1 aliphatic carbocycles. The Hall–Kier alpha value is -2.16. The number of nitrogens with zero attached hydrogens (tertiary/aromatic N) is 2. The van der Waals surface area contributed by atoms with Gasteiger partial charge in [-0.25, -0.2) is 9.38 Å². The summed E-state index contributed by atoms with van der Waals surface area (Å²) in [6.45, 7) is 0.691. The summed E-state index contributed by atoms with van der Waals surface area (Å²) in [6, 6.07) is 6.43. The van der Waals surface area contributed by atoms with E-state index in [0.717, 1.165) is 29.0 Å². The first-order valence-electron chi connectivity index (χ1n) is 8.80. The minimum Gasteiger partial charge on any atom is -0.471 e. The molecule has 1 aromatic rings. The SMILES string of the molecule is COC=O.CSC(=NCC1(c2cccc(F)c2)OC1C1=C(Cl)CCC=C1)/N=C\N. The van der Waals surface area contributed by atoms with Crippen LogP contribution in [0.25, 0.3) is 0 Å². The van der Waals surface area contributed by atoms with Crippen LogP contribution in [0.2, 0.25) is 0 Å². The maximum absolute atomic E-state index is 13.8. The van der Waals surface area contributed by atoms with E-state index in [1.807, 2.05) is 18.4 Å². The van der Waals surface area contributed by atoms with Gasteiger partial charge in [0.25, 0.3) is 6.47 Å². The van der Waals surface area contributed by atoms with Crippen LogP contribution in [-0.2, 0) is 19.9 Å². The van der Waals surface area contributed by atoms with E-state index in [2.05, 4.69) is 20.8 Å². The number of ether oxygens (including phenoxy) is 2. The highest BCUT2D eigenvalue weighted by Crippen LogP contribution is 2.52. The molecule has 6 nitrogen and oxygen atoms in total. The van der Waals surface area contributed by atoms with Gasteiger partial charge in [-0.1, -0.05) is 47.6 Å². The molecule has 0 aromatic heterocycles. The van der Waals surface area contributed by atoms with Crippen LogP contribution < -0.4 is 5.73 Å². The molecule has 0 bridgehead atoms. The zero-order valence-corrected chi connectivity index (χ0v) is 17.8. The monoisotopic (exact) mass is 439 g/mol. The van der Waals surface area contributed by atoms with Crippen molar-refractivity contribution in [3.8, 4) is 0 Å². The molecular weight excluding hydrogens is 417 g/mol. The van der Waals surface area contributed by atoms with Crippen molar-refractivity contribution < 1.29 is 18.7 Å². The van der Waals surface area contributed by atoms with E-state index < -0.39 is 5.60 Å². The summed E-state index contributed by atoms with van der Waals surface area (Å²) in [5.74, 6) is -0.306. The topological polar surface area (TPSA) is 89.6 Å². The first-order valence-corrected chi connectivity index (χ1v) is 10.4. The number of hydrogen-bond donors (Lipinski definition) is 1. The van der Waals surface area contributed by atoms with E-state index in [1.165, 1.54) is 37.3 Å². The number of thioether (sulfide) groups is 1. The van der Waals surface area contributed by atoms with E-state index in [4.69, 9.17) is 26.9 Å². The van der Waals surface area contributed by atoms with Gasteiger partial charge in [-0.15, -0.1) is 0 Å². The molecule has 0 saturated carbocycles. The van der Waals surface area contributed by atoms with Crippen molar-refractivity contribution in [1.29, 1.82) is 0 Å². The number of rotatable bonds is 5. The molecule has 1 heterocycles. The molecule has 29 heavy (non-hydrogen) atoms. The second-order valence-corrected chi connectivity index (χ2v) is 7.34. The maximum atomic E-state index is 13.8. The molecule has 0 amide bonds. The van der Waals surface area contributed by atoms with Crippen LogP contribution in [0.15, 0.2) is 57.0 Å². The van der Waals surface area contributed by atoms with Gasteiger partial charge in [0.15, 0.2) is 5.17 Å². The number of epoxide rings is 1. The Morgan fingerprint density at radius 2 is 2.31 bits per heavy atom. The summed E-state index contributed by atoms with van der Waals surface area (Å²) in [5.41, 5.74) is 6.31. The quantitative estimate of drug-likeness (QED) is 0.326. The Morgan fingerprint density at radius 3 is 2.90 bits per heavy atom. The lowest BCUT2D eigenvalue weighted by Crippen LogP contribution is -2.20. The van der Waals surface area contributed by atoms with E-state index in [9.17, 15) is 4.39 Å². The van der Waals surface area contributed by atoms with Crippen molar-refractivity contribution in [1.82, 2.24) is 0 Å². The second kappa shape index (κ2) is 11.1. The number of nitrogens with two attached hydrogens (primary N) is 1. The first-order chi connectivity index (χ1) is 14.0. The fraction of sp³-hybridized carbons (Fsp3) is 0.350. The summed E-state index contributed by atoms with van der Waals surface area (Å²) in [6.07, 6.45) is 8.62. The van der Waals surface area contributed by atoms with Gasteiger partial charge in [0, 0.05) is 5.03 Å². The van der Waals surface area contributed by atoms with Gasteiger partial charge in [0.1, 0.15) is 17.5 Å². The second-order valence-electron chi connectivity index (χ2n) is 6.11. The molecule has 1 saturated heterocycles. The Balaban J connectivity index is 0.000000687. The van der Waals surface area contributed by atoms with Gasteiger partial charge in [-0.2, -0.15) is 0 Å². The lowest BCUT2D eigenvalue weighted by molar-refractivity contribution is -0.126. The largest absolute Gasteiger partial charge is 0.471 e. The van der Waals surface area contributed by atoms with Crippen LogP contribution in [-0.4, -0.2) is 44.0 Å². The van der Waals surface area contributed by atoms with Gasteiger partial charge in [0.05, 0.1) is 20.0 Å². The number of carbonyl (C=O) groups excluding carboxylic acids is 1. The summed E-state index contributed by atoms with van der Waals surface area (Å²) in [7, 11) is 1.31. The Bertz CT molecular complexity index is 844. The fourth-order valence-electron chi connectivity index (χ4n) is 2.97. The van der Waals surface area contributed by atoms with Gasteiger partial charge in [-0.3, -0.25) is 9.79 Å². The van der Waals surface area contributed by atoms with E-state index in [-0.39, 0.29) is 11.9 Å². The highest BCUT2D eigenvalue weighted by Gasteiger charge is 2.59. The zero-order valence-electron chi connectivity index (χ0n) is 16.2. The van der Waals surface area contributed by atoms with Crippen molar-refractivity contribution in [2.24, 2.45) is 15.7 Å². The third-order valence-electron chi connectivity index (χ3n) is 4.34. The number of amidine groups is 1. The molecule has 1 aliphatic heterocycles. The Morgan fingerprint density at radius 1 is 1.55 bits per heavy atom. The predicted molar refractivity (Wildman–Crippen MR) is 116 cm³/mol. The number of aliphatic imine (C=N–C) groups is 2. The lowest BCUT2D eigenvalue weighted by atomic mass is 9.89. The molecule has 3 rings (SSSR count). The molecule has 2 atom stereocenters. The third-order valence-corrected chi connectivity index (χ3v) is 5.35. The highest BCUT2D eigenvalue weighted by molar-refractivity contribution is 8.13. The normalized spacial score (nSPS) is 23.6. The Kier molecular flexibility index (Phi) is 8.88. The van der Waals surface area contributed by atoms with E-state index in [1.54, 1.807) is 6.07 Å². The van der Waals surface area contributed by atoms with Crippen molar-refractivity contribution in [2.45, 2.75) is 24.5 Å². The molecule has 2 aliphatic rings. The molecule has 2 N–H and O–H groups in total. The van der Waals surface area contributed by atoms with Crippen molar-refractivity contribution >= 4 is 41.3 Å². The van der Waals surface area contributed by atoms with Crippen LogP contribution in [0.3, 0.4) is 0 Å². The molecule has 9 heteroatoms. The lowest BCUT2D eigenvalue weighted by Gasteiger charge is -2.14. The summed E-state index contributed by atoms with van der Waals surface area (Å²) in [5, 5.41) is 1.34. The minimum atomic E-state index is -0.732. The van der Waals surface area contributed by atoms with Crippen LogP contribution in [0.1, 0.15) is 18.4 Å². The average molecular weight is 440 g/mol. The van der Waals surface area contributed by atoms with Crippen molar-refractivity contribution in [2.75, 3.05) is 19.9 Å². The van der Waals surface area contributed by atoms with Gasteiger partial charge < -0.3 is 15.2 Å². The average Bonchev–Trinajstić information content (AvgIpc) is 3.47. The molecule has 2 unspecified atom stereocenters. The van der Waals surface area contributed by atoms with Crippen LogP contribution in [0.4, 0.5) is 4.39 Å². The number of halogens is 2. The van der Waals surface area contributed by atoms with Crippen LogP contribution in [0.5, 0.6) is 0 Å². The number of carbonyl (C=O) groups is 1. The van der Waals surface area contributed by atoms with Gasteiger partial charge in [-0.05, 0) is 42.4 Å². The van der Waals surface area contributed by atoms with E-state index in [0.29, 0.717) is 18.2 Å². The predicted octanol–water partition coefficient (Wildman–Crippen LogP) is 3.76. The molecule has 1 aromatic carbocycles.